The molecule has 27 heavy (non-hydrogen) atoms. The number of aryl methyl sites for hydroxylation is 1. The zero-order valence-corrected chi connectivity index (χ0v) is 16.5. The summed E-state index contributed by atoms with van der Waals surface area (Å²) in [7, 11) is -3.44. The van der Waals surface area contributed by atoms with E-state index in [1.165, 1.54) is 10.7 Å². The number of hydrogen-bond donors (Lipinski definition) is 2. The molecule has 0 radical (unpaired) electrons. The van der Waals surface area contributed by atoms with Gasteiger partial charge in [0.2, 0.25) is 10.0 Å². The molecule has 0 aliphatic rings. The van der Waals surface area contributed by atoms with Crippen LogP contribution in [0.3, 0.4) is 0 Å². The van der Waals surface area contributed by atoms with E-state index in [4.69, 9.17) is 0 Å². The minimum absolute atomic E-state index is 0.0233. The highest BCUT2D eigenvalue weighted by atomic mass is 32.2. The van der Waals surface area contributed by atoms with Gasteiger partial charge in [-0.25, -0.2) is 26.6 Å². The smallest absolute Gasteiger partial charge is 0.255 e. The Kier molecular flexibility index (Phi) is 5.71. The van der Waals surface area contributed by atoms with Gasteiger partial charge in [0.05, 0.1) is 23.2 Å². The lowest BCUT2D eigenvalue weighted by Crippen LogP contribution is -2.51. The summed E-state index contributed by atoms with van der Waals surface area (Å²) in [6, 6.07) is 3.09. The largest absolute Gasteiger partial charge is 0.350 e. The van der Waals surface area contributed by atoms with Gasteiger partial charge in [-0.15, -0.1) is 0 Å². The number of amides is 1. The van der Waals surface area contributed by atoms with E-state index < -0.39 is 33.1 Å². The molecule has 1 aromatic carbocycles. The molecular weight excluding hydrogens is 378 g/mol. The molecule has 1 amide bonds. The fourth-order valence-electron chi connectivity index (χ4n) is 2.79. The Morgan fingerprint density at radius 2 is 1.89 bits per heavy atom. The van der Waals surface area contributed by atoms with Gasteiger partial charge in [-0.2, -0.15) is 5.10 Å². The van der Waals surface area contributed by atoms with E-state index in [1.54, 1.807) is 27.7 Å². The number of aromatic nitrogens is 2. The number of hydrogen-bond acceptors (Lipinski definition) is 4. The van der Waals surface area contributed by atoms with Crippen molar-refractivity contribution in [1.29, 1.82) is 0 Å². The molecule has 0 aliphatic carbocycles. The van der Waals surface area contributed by atoms with Crippen LogP contribution in [0.15, 0.2) is 18.2 Å². The molecule has 7 nitrogen and oxygen atoms in total. The monoisotopic (exact) mass is 400 g/mol. The first-order valence-corrected chi connectivity index (χ1v) is 9.99. The zero-order valence-electron chi connectivity index (χ0n) is 15.7. The third-order valence-electron chi connectivity index (χ3n) is 3.81. The van der Waals surface area contributed by atoms with Crippen molar-refractivity contribution >= 4 is 15.9 Å². The summed E-state index contributed by atoms with van der Waals surface area (Å²) in [6.07, 6.45) is 1.03. The van der Waals surface area contributed by atoms with Gasteiger partial charge < -0.3 is 5.32 Å². The second-order valence-corrected chi connectivity index (χ2v) is 8.74. The molecule has 0 fully saturated rings. The average Bonchev–Trinajstić information content (AvgIpc) is 2.77. The van der Waals surface area contributed by atoms with E-state index >= 15 is 0 Å². The molecule has 2 rings (SSSR count). The van der Waals surface area contributed by atoms with Gasteiger partial charge in [0.15, 0.2) is 5.82 Å². The van der Waals surface area contributed by atoms with Crippen LogP contribution in [0.5, 0.6) is 0 Å². The highest BCUT2D eigenvalue weighted by Gasteiger charge is 2.25. The van der Waals surface area contributed by atoms with Gasteiger partial charge in [0.1, 0.15) is 11.5 Å². The first kappa shape index (κ1) is 21.0. The lowest BCUT2D eigenvalue weighted by Gasteiger charge is -2.25. The Bertz CT molecular complexity index is 984. The van der Waals surface area contributed by atoms with Crippen molar-refractivity contribution in [3.63, 3.8) is 0 Å². The van der Waals surface area contributed by atoms with Crippen molar-refractivity contribution in [1.82, 2.24) is 19.8 Å². The summed E-state index contributed by atoms with van der Waals surface area (Å²) < 4.78 is 53.6. The van der Waals surface area contributed by atoms with E-state index in [2.05, 4.69) is 15.1 Å². The third kappa shape index (κ3) is 5.10. The van der Waals surface area contributed by atoms with E-state index in [0.29, 0.717) is 11.4 Å². The van der Waals surface area contributed by atoms with Gasteiger partial charge in [-0.05, 0) is 39.8 Å². The van der Waals surface area contributed by atoms with Gasteiger partial charge in [-0.3, -0.25) is 4.79 Å². The topological polar surface area (TPSA) is 93.1 Å². The van der Waals surface area contributed by atoms with Crippen molar-refractivity contribution in [2.45, 2.75) is 33.2 Å². The minimum Gasteiger partial charge on any atom is -0.350 e. The molecule has 148 valence electrons. The van der Waals surface area contributed by atoms with Crippen molar-refractivity contribution < 1.29 is 22.0 Å². The molecule has 0 atom stereocenters. The van der Waals surface area contributed by atoms with Gasteiger partial charge in [-0.1, -0.05) is 0 Å². The van der Waals surface area contributed by atoms with Gasteiger partial charge in [0.25, 0.3) is 5.91 Å². The van der Waals surface area contributed by atoms with Crippen LogP contribution in [0.1, 0.15) is 35.6 Å². The van der Waals surface area contributed by atoms with Crippen LogP contribution in [-0.2, 0) is 10.0 Å². The Morgan fingerprint density at radius 3 is 2.44 bits per heavy atom. The standard InChI is InChI=1S/C17H22F2N4O3S/c1-10-15(16(24)20-9-17(3,4)22-27(5,25)26)11(2)23(21-10)14-7-6-12(18)8-13(14)19/h6-8,22H,9H2,1-5H3,(H,20,24). The summed E-state index contributed by atoms with van der Waals surface area (Å²) in [5, 5.41) is 6.84. The van der Waals surface area contributed by atoms with Crippen molar-refractivity contribution in [3.05, 3.63) is 46.8 Å². The van der Waals surface area contributed by atoms with Crippen molar-refractivity contribution in [2.24, 2.45) is 0 Å². The van der Waals surface area contributed by atoms with Crippen LogP contribution < -0.4 is 10.0 Å². The quantitative estimate of drug-likeness (QED) is 0.774. The lowest BCUT2D eigenvalue weighted by atomic mass is 10.1. The number of rotatable bonds is 6. The maximum atomic E-state index is 14.1. The Labute approximate surface area is 156 Å². The molecule has 0 spiro atoms. The SMILES string of the molecule is Cc1nn(-c2ccc(F)cc2F)c(C)c1C(=O)NCC(C)(C)NS(C)(=O)=O. The van der Waals surface area contributed by atoms with Crippen LogP contribution in [0.4, 0.5) is 8.78 Å². The van der Waals surface area contributed by atoms with E-state index in [0.717, 1.165) is 18.4 Å². The fourth-order valence-corrected chi connectivity index (χ4v) is 3.86. The summed E-state index contributed by atoms with van der Waals surface area (Å²) in [5.41, 5.74) is 0.111. The van der Waals surface area contributed by atoms with Crippen LogP contribution in [-0.4, -0.2) is 42.4 Å². The molecule has 0 unspecified atom stereocenters. The number of halogens is 2. The number of benzene rings is 1. The Hall–Kier alpha value is -2.33. The first-order chi connectivity index (χ1) is 12.3. The van der Waals surface area contributed by atoms with Crippen LogP contribution >= 0.6 is 0 Å². The molecule has 2 aromatic rings. The molecule has 0 aliphatic heterocycles. The van der Waals surface area contributed by atoms with Crippen LogP contribution in [0.2, 0.25) is 0 Å². The van der Waals surface area contributed by atoms with Crippen molar-refractivity contribution in [2.75, 3.05) is 12.8 Å². The van der Waals surface area contributed by atoms with Crippen molar-refractivity contribution in [3.8, 4) is 5.69 Å². The number of carbonyl (C=O) groups is 1. The molecule has 0 saturated heterocycles. The van der Waals surface area contributed by atoms with Crippen LogP contribution in [0, 0.1) is 25.5 Å². The predicted molar refractivity (Wildman–Crippen MR) is 97.3 cm³/mol. The second-order valence-electron chi connectivity index (χ2n) is 6.99. The van der Waals surface area contributed by atoms with Crippen LogP contribution in [0.25, 0.3) is 5.69 Å². The highest BCUT2D eigenvalue weighted by molar-refractivity contribution is 7.88. The Balaban J connectivity index is 2.27. The van der Waals surface area contributed by atoms with E-state index in [1.807, 2.05) is 0 Å². The number of nitrogens with one attached hydrogen (secondary N) is 2. The normalized spacial score (nSPS) is 12.3. The zero-order chi connectivity index (χ0) is 20.6. The Morgan fingerprint density at radius 1 is 1.26 bits per heavy atom. The van der Waals surface area contributed by atoms with Gasteiger partial charge >= 0.3 is 0 Å². The molecule has 0 bridgehead atoms. The molecule has 0 saturated carbocycles. The number of sulfonamides is 1. The molecule has 10 heteroatoms. The predicted octanol–water partition coefficient (Wildman–Crippen LogP) is 1.82. The molecule has 1 heterocycles. The third-order valence-corrected chi connectivity index (χ3v) is 4.73. The average molecular weight is 400 g/mol. The first-order valence-electron chi connectivity index (χ1n) is 8.09. The lowest BCUT2D eigenvalue weighted by molar-refractivity contribution is 0.0943. The summed E-state index contributed by atoms with van der Waals surface area (Å²) in [5.74, 6) is -1.98. The number of nitrogens with zero attached hydrogens (tertiary/aromatic N) is 2. The minimum atomic E-state index is -3.44. The molecule has 2 N–H and O–H groups in total. The number of carbonyl (C=O) groups excluding carboxylic acids is 1. The van der Waals surface area contributed by atoms with E-state index in [-0.39, 0.29) is 17.8 Å². The van der Waals surface area contributed by atoms with Gasteiger partial charge in [0, 0.05) is 18.2 Å². The highest BCUT2D eigenvalue weighted by Crippen LogP contribution is 2.21. The maximum absolute atomic E-state index is 14.1. The van der Waals surface area contributed by atoms with E-state index in [9.17, 15) is 22.0 Å². The molecular formula is C17H22F2N4O3S. The second kappa shape index (κ2) is 7.35. The summed E-state index contributed by atoms with van der Waals surface area (Å²) in [6.45, 7) is 6.49. The fraction of sp³-hybridized carbons (Fsp3) is 0.412. The molecule has 1 aromatic heterocycles. The summed E-state index contributed by atoms with van der Waals surface area (Å²) >= 11 is 0. The maximum Gasteiger partial charge on any atom is 0.255 e. The summed E-state index contributed by atoms with van der Waals surface area (Å²) in [4.78, 5) is 12.6.